The van der Waals surface area contributed by atoms with Crippen LogP contribution in [0.25, 0.3) is 0 Å². The van der Waals surface area contributed by atoms with Crippen LogP contribution in [-0.2, 0) is 25.6 Å². The maximum Gasteiger partial charge on any atom is 0.509 e. The second-order valence-corrected chi connectivity index (χ2v) is 6.49. The van der Waals surface area contributed by atoms with E-state index in [0.29, 0.717) is 12.3 Å². The summed E-state index contributed by atoms with van der Waals surface area (Å²) in [6, 6.07) is 8.83. The van der Waals surface area contributed by atoms with Crippen LogP contribution in [0.1, 0.15) is 32.8 Å². The lowest BCUT2D eigenvalue weighted by atomic mass is 10.0. The summed E-state index contributed by atoms with van der Waals surface area (Å²) in [7, 11) is 1.27. The number of rotatable bonds is 9. The van der Waals surface area contributed by atoms with Crippen molar-refractivity contribution in [3.63, 3.8) is 0 Å². The molecule has 2 unspecified atom stereocenters. The van der Waals surface area contributed by atoms with Crippen LogP contribution in [0, 0.1) is 5.92 Å². The second-order valence-electron chi connectivity index (χ2n) is 6.49. The largest absolute Gasteiger partial charge is 0.509 e. The Morgan fingerprint density at radius 1 is 1.07 bits per heavy atom. The van der Waals surface area contributed by atoms with Crippen molar-refractivity contribution in [2.45, 2.75) is 45.9 Å². The first-order valence-electron chi connectivity index (χ1n) is 8.81. The molecule has 0 aromatic heterocycles. The van der Waals surface area contributed by atoms with Crippen molar-refractivity contribution in [1.29, 1.82) is 0 Å². The fraction of sp³-hybridized carbons (Fsp3) is 0.526. The molecular weight excluding hydrogens is 352 g/mol. The van der Waals surface area contributed by atoms with Crippen LogP contribution in [0.2, 0.25) is 0 Å². The molecule has 2 amide bonds. The lowest BCUT2D eigenvalue weighted by Crippen LogP contribution is -2.48. The number of nitrogens with one attached hydrogen (secondary N) is 2. The molecule has 27 heavy (non-hydrogen) atoms. The highest BCUT2D eigenvalue weighted by Crippen LogP contribution is 2.06. The smallest absolute Gasteiger partial charge is 0.453 e. The van der Waals surface area contributed by atoms with Crippen molar-refractivity contribution in [1.82, 2.24) is 10.6 Å². The number of methoxy groups -OCH3 is 1. The Balaban J connectivity index is 2.46. The minimum Gasteiger partial charge on any atom is -0.453 e. The maximum absolute atomic E-state index is 12.3. The first-order chi connectivity index (χ1) is 12.8. The van der Waals surface area contributed by atoms with Crippen LogP contribution in [-0.4, -0.2) is 44.0 Å². The molecule has 150 valence electrons. The van der Waals surface area contributed by atoms with Gasteiger partial charge in [-0.05, 0) is 24.8 Å². The van der Waals surface area contributed by atoms with Crippen LogP contribution < -0.4 is 10.6 Å². The van der Waals surface area contributed by atoms with Gasteiger partial charge in [0, 0.05) is 12.6 Å². The molecule has 0 fully saturated rings. The van der Waals surface area contributed by atoms with Gasteiger partial charge in [-0.2, -0.15) is 0 Å². The van der Waals surface area contributed by atoms with E-state index in [2.05, 4.69) is 15.4 Å². The number of ether oxygens (including phenoxy) is 3. The minimum absolute atomic E-state index is 0.0625. The standard InChI is InChI=1S/C19H28N2O6/c1-13(2)10-16(11-20-18(23)25-4)21-17(22)14(3)27-19(24)26-12-15-8-6-5-7-9-15/h5-9,13-14,16H,10-12H2,1-4H3,(H,20,23)(H,21,22). The van der Waals surface area contributed by atoms with E-state index in [9.17, 15) is 14.4 Å². The quantitative estimate of drug-likeness (QED) is 0.639. The van der Waals surface area contributed by atoms with E-state index in [1.807, 2.05) is 44.2 Å². The van der Waals surface area contributed by atoms with Gasteiger partial charge in [0.05, 0.1) is 7.11 Å². The molecule has 0 aliphatic rings. The van der Waals surface area contributed by atoms with E-state index in [-0.39, 0.29) is 19.2 Å². The highest BCUT2D eigenvalue weighted by Gasteiger charge is 2.22. The predicted molar refractivity (Wildman–Crippen MR) is 99.0 cm³/mol. The molecule has 1 aromatic carbocycles. The summed E-state index contributed by atoms with van der Waals surface area (Å²) in [6.07, 6.45) is -1.89. The number of carbonyl (C=O) groups excluding carboxylic acids is 3. The Morgan fingerprint density at radius 3 is 2.33 bits per heavy atom. The third-order valence-electron chi connectivity index (χ3n) is 3.62. The molecule has 0 aliphatic heterocycles. The molecule has 0 bridgehead atoms. The molecule has 8 nitrogen and oxygen atoms in total. The monoisotopic (exact) mass is 380 g/mol. The van der Waals surface area contributed by atoms with Crippen molar-refractivity contribution in [2.24, 2.45) is 5.92 Å². The molecule has 1 aromatic rings. The third-order valence-corrected chi connectivity index (χ3v) is 3.62. The summed E-state index contributed by atoms with van der Waals surface area (Å²) in [5, 5.41) is 5.32. The van der Waals surface area contributed by atoms with Gasteiger partial charge in [0.2, 0.25) is 0 Å². The first kappa shape index (κ1) is 22.3. The zero-order valence-electron chi connectivity index (χ0n) is 16.2. The van der Waals surface area contributed by atoms with Crippen molar-refractivity contribution in [3.8, 4) is 0 Å². The molecule has 0 radical (unpaired) electrons. The molecule has 2 atom stereocenters. The van der Waals surface area contributed by atoms with Crippen molar-refractivity contribution < 1.29 is 28.6 Å². The van der Waals surface area contributed by atoms with E-state index in [1.54, 1.807) is 0 Å². The summed E-state index contributed by atoms with van der Waals surface area (Å²) < 4.78 is 14.5. The van der Waals surface area contributed by atoms with Gasteiger partial charge in [-0.3, -0.25) is 4.79 Å². The van der Waals surface area contributed by atoms with Gasteiger partial charge in [0.25, 0.3) is 5.91 Å². The topological polar surface area (TPSA) is 103 Å². The lowest BCUT2D eigenvalue weighted by molar-refractivity contribution is -0.131. The minimum atomic E-state index is -1.03. The maximum atomic E-state index is 12.3. The van der Waals surface area contributed by atoms with Gasteiger partial charge >= 0.3 is 12.2 Å². The number of benzene rings is 1. The Hall–Kier alpha value is -2.77. The summed E-state index contributed by atoms with van der Waals surface area (Å²) >= 11 is 0. The Kier molecular flexibility index (Phi) is 9.71. The van der Waals surface area contributed by atoms with Gasteiger partial charge in [-0.15, -0.1) is 0 Å². The van der Waals surface area contributed by atoms with Gasteiger partial charge < -0.3 is 24.8 Å². The van der Waals surface area contributed by atoms with E-state index in [1.165, 1.54) is 14.0 Å². The molecule has 0 saturated heterocycles. The zero-order chi connectivity index (χ0) is 20.2. The second kappa shape index (κ2) is 11.8. The molecule has 1 rings (SSSR count). The first-order valence-corrected chi connectivity index (χ1v) is 8.81. The van der Waals surface area contributed by atoms with Crippen LogP contribution in [0.3, 0.4) is 0 Å². The highest BCUT2D eigenvalue weighted by atomic mass is 16.7. The zero-order valence-corrected chi connectivity index (χ0v) is 16.2. The average molecular weight is 380 g/mol. The molecule has 0 heterocycles. The summed E-state index contributed by atoms with van der Waals surface area (Å²) in [5.74, 6) is -0.175. The number of alkyl carbamates (subject to hydrolysis) is 1. The fourth-order valence-electron chi connectivity index (χ4n) is 2.31. The van der Waals surface area contributed by atoms with Crippen LogP contribution in [0.4, 0.5) is 9.59 Å². The molecule has 0 aliphatic carbocycles. The number of carbonyl (C=O) groups is 3. The Labute approximate surface area is 159 Å². The van der Waals surface area contributed by atoms with Crippen molar-refractivity contribution in [2.75, 3.05) is 13.7 Å². The number of hydrogen-bond donors (Lipinski definition) is 2. The third kappa shape index (κ3) is 9.48. The molecule has 8 heteroatoms. The highest BCUT2D eigenvalue weighted by molar-refractivity contribution is 5.82. The Bertz CT molecular complexity index is 605. The van der Waals surface area contributed by atoms with Gasteiger partial charge in [0.15, 0.2) is 6.10 Å². The summed E-state index contributed by atoms with van der Waals surface area (Å²) in [4.78, 5) is 35.2. The Morgan fingerprint density at radius 2 is 1.74 bits per heavy atom. The van der Waals surface area contributed by atoms with Crippen LogP contribution in [0.5, 0.6) is 0 Å². The van der Waals surface area contributed by atoms with Crippen LogP contribution >= 0.6 is 0 Å². The van der Waals surface area contributed by atoms with Crippen molar-refractivity contribution in [3.05, 3.63) is 35.9 Å². The summed E-state index contributed by atoms with van der Waals surface area (Å²) in [6.45, 7) is 5.73. The van der Waals surface area contributed by atoms with Gasteiger partial charge in [-0.25, -0.2) is 9.59 Å². The van der Waals surface area contributed by atoms with Gasteiger partial charge in [-0.1, -0.05) is 44.2 Å². The number of hydrogen-bond acceptors (Lipinski definition) is 6. The SMILES string of the molecule is COC(=O)NCC(CC(C)C)NC(=O)C(C)OC(=O)OCc1ccccc1. The molecule has 0 saturated carbocycles. The van der Waals surface area contributed by atoms with Gasteiger partial charge in [0.1, 0.15) is 6.61 Å². The molecular formula is C19H28N2O6. The fourth-order valence-corrected chi connectivity index (χ4v) is 2.31. The summed E-state index contributed by atoms with van der Waals surface area (Å²) in [5.41, 5.74) is 0.817. The van der Waals surface area contributed by atoms with E-state index >= 15 is 0 Å². The lowest BCUT2D eigenvalue weighted by Gasteiger charge is -2.22. The van der Waals surface area contributed by atoms with Crippen LogP contribution in [0.15, 0.2) is 30.3 Å². The molecule has 0 spiro atoms. The number of amides is 2. The van der Waals surface area contributed by atoms with E-state index < -0.39 is 24.3 Å². The normalized spacial score (nSPS) is 12.6. The average Bonchev–Trinajstić information content (AvgIpc) is 2.64. The predicted octanol–water partition coefficient (Wildman–Crippen LogP) is 2.62. The van der Waals surface area contributed by atoms with Crippen molar-refractivity contribution >= 4 is 18.2 Å². The van der Waals surface area contributed by atoms with E-state index in [4.69, 9.17) is 9.47 Å². The van der Waals surface area contributed by atoms with E-state index in [0.717, 1.165) is 5.56 Å². The molecule has 2 N–H and O–H groups in total.